The van der Waals surface area contributed by atoms with Crippen molar-refractivity contribution in [1.29, 1.82) is 0 Å². The van der Waals surface area contributed by atoms with Crippen molar-refractivity contribution < 1.29 is 0 Å². The lowest BCUT2D eigenvalue weighted by Gasteiger charge is -2.27. The highest BCUT2D eigenvalue weighted by molar-refractivity contribution is 6.16. The molecule has 2 aliphatic rings. The fourth-order valence-electron chi connectivity index (χ4n) is 7.13. The fourth-order valence-corrected chi connectivity index (χ4v) is 7.13. The molecule has 5 aromatic heterocycles. The predicted octanol–water partition coefficient (Wildman–Crippen LogP) is 9.22. The first kappa shape index (κ1) is 26.0. The highest BCUT2D eigenvalue weighted by Gasteiger charge is 2.29. The van der Waals surface area contributed by atoms with Crippen molar-refractivity contribution in [2.24, 2.45) is 10.9 Å². The van der Waals surface area contributed by atoms with E-state index in [0.717, 1.165) is 83.2 Å². The minimum atomic E-state index is -0.0581. The van der Waals surface area contributed by atoms with Crippen LogP contribution in [0.15, 0.2) is 145 Å². The molecule has 0 saturated carbocycles. The Kier molecular flexibility index (Phi) is 5.60. The van der Waals surface area contributed by atoms with Gasteiger partial charge in [-0.1, -0.05) is 78.9 Å². The van der Waals surface area contributed by atoms with Gasteiger partial charge in [-0.2, -0.15) is 0 Å². The SMILES string of the molecule is C1=CC2C=Cc3cccnc3C2N=C1n1c2ccc(-c3ccc(-c4ccc5ccc6cccnc6c5n4)cc3)cc2c2cccnc21. The van der Waals surface area contributed by atoms with Gasteiger partial charge in [-0.15, -0.1) is 0 Å². The highest BCUT2D eigenvalue weighted by Crippen LogP contribution is 2.39. The second-order valence-electron chi connectivity index (χ2n) is 12.1. The molecule has 0 radical (unpaired) electrons. The van der Waals surface area contributed by atoms with Crippen molar-refractivity contribution in [3.05, 3.63) is 151 Å². The van der Waals surface area contributed by atoms with Crippen molar-refractivity contribution in [3.63, 3.8) is 0 Å². The minimum absolute atomic E-state index is 0.0581. The largest absolute Gasteiger partial charge is 0.278 e. The molecule has 6 heteroatoms. The second kappa shape index (κ2) is 10.1. The standard InChI is InChI=1S/C41H26N6/c1-4-27-11-13-29-15-18-34(45-39(29)37(27)42-21-1)26-9-7-25(8-10-26)31-16-19-35-33(24-31)32-6-3-23-44-41(32)47(35)36-20-17-30-14-12-28-5-2-22-43-38(28)40(30)46-36/h1-24,30,40H. The lowest BCUT2D eigenvalue weighted by atomic mass is 9.87. The van der Waals surface area contributed by atoms with Gasteiger partial charge in [0.05, 0.1) is 27.9 Å². The van der Waals surface area contributed by atoms with E-state index in [1.165, 1.54) is 0 Å². The molecule has 6 heterocycles. The third-order valence-corrected chi connectivity index (χ3v) is 9.45. The molecule has 6 nitrogen and oxygen atoms in total. The van der Waals surface area contributed by atoms with Gasteiger partial charge in [-0.25, -0.2) is 9.97 Å². The van der Waals surface area contributed by atoms with Gasteiger partial charge in [0, 0.05) is 51.6 Å². The Hall–Kier alpha value is -6.27. The maximum Gasteiger partial charge on any atom is 0.146 e. The van der Waals surface area contributed by atoms with Gasteiger partial charge in [0.15, 0.2) is 0 Å². The van der Waals surface area contributed by atoms with Crippen LogP contribution in [-0.4, -0.2) is 30.3 Å². The first-order chi connectivity index (χ1) is 23.3. The molecule has 8 aromatic rings. The lowest BCUT2D eigenvalue weighted by molar-refractivity contribution is 0.588. The normalized spacial score (nSPS) is 16.9. The van der Waals surface area contributed by atoms with Crippen LogP contribution in [0.1, 0.15) is 17.3 Å². The van der Waals surface area contributed by atoms with E-state index < -0.39 is 0 Å². The molecule has 0 bridgehead atoms. The van der Waals surface area contributed by atoms with E-state index in [-0.39, 0.29) is 12.0 Å². The van der Waals surface area contributed by atoms with Gasteiger partial charge in [0.25, 0.3) is 0 Å². The smallest absolute Gasteiger partial charge is 0.146 e. The van der Waals surface area contributed by atoms with E-state index in [2.05, 4.69) is 119 Å². The quantitative estimate of drug-likeness (QED) is 0.185. The average molecular weight is 603 g/mol. The average Bonchev–Trinajstić information content (AvgIpc) is 3.48. The lowest BCUT2D eigenvalue weighted by Crippen LogP contribution is -2.22. The number of dihydropyridines is 1. The summed E-state index contributed by atoms with van der Waals surface area (Å²) in [5.74, 6) is 1.07. The van der Waals surface area contributed by atoms with Gasteiger partial charge in [-0.05, 0) is 65.2 Å². The summed E-state index contributed by atoms with van der Waals surface area (Å²) in [5.41, 5.74) is 10.3. The fraction of sp³-hybridized carbons (Fsp3) is 0.0488. The first-order valence-electron chi connectivity index (χ1n) is 15.8. The zero-order chi connectivity index (χ0) is 30.9. The number of allylic oxidation sites excluding steroid dienone is 1. The van der Waals surface area contributed by atoms with Crippen molar-refractivity contribution in [1.82, 2.24) is 24.5 Å². The van der Waals surface area contributed by atoms with Crippen LogP contribution in [0.2, 0.25) is 0 Å². The van der Waals surface area contributed by atoms with E-state index in [0.29, 0.717) is 0 Å². The van der Waals surface area contributed by atoms with Crippen LogP contribution in [0.5, 0.6) is 0 Å². The third-order valence-electron chi connectivity index (χ3n) is 9.45. The zero-order valence-electron chi connectivity index (χ0n) is 25.2. The molecule has 0 N–H and O–H groups in total. The maximum atomic E-state index is 5.27. The van der Waals surface area contributed by atoms with Crippen LogP contribution < -0.4 is 0 Å². The van der Waals surface area contributed by atoms with Gasteiger partial charge in [0.1, 0.15) is 17.5 Å². The summed E-state index contributed by atoms with van der Waals surface area (Å²) in [4.78, 5) is 24.5. The van der Waals surface area contributed by atoms with Crippen LogP contribution in [0.3, 0.4) is 0 Å². The van der Waals surface area contributed by atoms with Gasteiger partial charge >= 0.3 is 0 Å². The van der Waals surface area contributed by atoms with E-state index in [1.54, 1.807) is 0 Å². The van der Waals surface area contributed by atoms with Crippen LogP contribution in [0.25, 0.3) is 72.2 Å². The Morgan fingerprint density at radius 2 is 1.32 bits per heavy atom. The van der Waals surface area contributed by atoms with Gasteiger partial charge in [0.2, 0.25) is 0 Å². The zero-order valence-corrected chi connectivity index (χ0v) is 25.2. The molecule has 2 unspecified atom stereocenters. The van der Waals surface area contributed by atoms with Gasteiger partial charge < -0.3 is 0 Å². The topological polar surface area (TPSA) is 68.8 Å². The molecule has 0 amide bonds. The Morgan fingerprint density at radius 1 is 0.574 bits per heavy atom. The summed E-state index contributed by atoms with van der Waals surface area (Å²) >= 11 is 0. The first-order valence-corrected chi connectivity index (χ1v) is 15.8. The van der Waals surface area contributed by atoms with Crippen molar-refractivity contribution in [2.75, 3.05) is 0 Å². The summed E-state index contributed by atoms with van der Waals surface area (Å²) in [6.45, 7) is 0. The minimum Gasteiger partial charge on any atom is -0.278 e. The number of aliphatic imine (C=N–C) groups is 1. The summed E-state index contributed by atoms with van der Waals surface area (Å²) in [5, 5.41) is 4.43. The molecule has 47 heavy (non-hydrogen) atoms. The number of rotatable bonds is 2. The summed E-state index contributed by atoms with van der Waals surface area (Å²) < 4.78 is 2.19. The Balaban J connectivity index is 1.04. The monoisotopic (exact) mass is 602 g/mol. The summed E-state index contributed by atoms with van der Waals surface area (Å²) in [7, 11) is 0. The van der Waals surface area contributed by atoms with Crippen molar-refractivity contribution in [3.8, 4) is 22.4 Å². The van der Waals surface area contributed by atoms with E-state index in [1.807, 2.05) is 36.8 Å². The molecule has 1 aliphatic heterocycles. The molecule has 0 fully saturated rings. The molecular formula is C41H26N6. The van der Waals surface area contributed by atoms with E-state index in [9.17, 15) is 0 Å². The molecule has 0 saturated heterocycles. The molecule has 10 rings (SSSR count). The number of pyridine rings is 4. The van der Waals surface area contributed by atoms with Crippen molar-refractivity contribution >= 4 is 55.7 Å². The number of aromatic nitrogens is 5. The molecule has 220 valence electrons. The second-order valence-corrected chi connectivity index (χ2v) is 12.1. The number of fused-ring (bicyclic) bond motifs is 9. The Morgan fingerprint density at radius 3 is 2.26 bits per heavy atom. The van der Waals surface area contributed by atoms with E-state index >= 15 is 0 Å². The molecule has 1 aliphatic carbocycles. The van der Waals surface area contributed by atoms with Gasteiger partial charge in [-0.3, -0.25) is 19.5 Å². The molecule has 2 atom stereocenters. The predicted molar refractivity (Wildman–Crippen MR) is 190 cm³/mol. The van der Waals surface area contributed by atoms with Crippen molar-refractivity contribution in [2.45, 2.75) is 6.04 Å². The Labute approximate surface area is 270 Å². The highest BCUT2D eigenvalue weighted by atomic mass is 15.1. The van der Waals surface area contributed by atoms with Crippen LogP contribution in [0, 0.1) is 5.92 Å². The summed E-state index contributed by atoms with van der Waals surface area (Å²) in [6, 6.07) is 36.0. The summed E-state index contributed by atoms with van der Waals surface area (Å²) in [6.07, 6.45) is 14.3. The third kappa shape index (κ3) is 4.08. The number of nitrogens with zero attached hydrogens (tertiary/aromatic N) is 6. The van der Waals surface area contributed by atoms with Crippen LogP contribution in [-0.2, 0) is 0 Å². The Bertz CT molecular complexity index is 2640. The number of hydrogen-bond acceptors (Lipinski definition) is 5. The maximum absolute atomic E-state index is 5.27. The molecule has 0 spiro atoms. The van der Waals surface area contributed by atoms with Crippen LogP contribution in [0.4, 0.5) is 0 Å². The number of benzene rings is 3. The van der Waals surface area contributed by atoms with Crippen LogP contribution >= 0.6 is 0 Å². The number of hydrogen-bond donors (Lipinski definition) is 0. The van der Waals surface area contributed by atoms with E-state index in [4.69, 9.17) is 19.9 Å². The molecular weight excluding hydrogens is 576 g/mol. The molecule has 3 aromatic carbocycles.